The Kier molecular flexibility index (Phi) is 3.67. The van der Waals surface area contributed by atoms with Gasteiger partial charge in [0, 0.05) is 24.7 Å². The fraction of sp³-hybridized carbons (Fsp3) is 0.235. The molecule has 0 unspecified atom stereocenters. The van der Waals surface area contributed by atoms with Crippen molar-refractivity contribution >= 4 is 16.6 Å². The molecule has 0 aliphatic carbocycles. The fourth-order valence-electron chi connectivity index (χ4n) is 2.30. The van der Waals surface area contributed by atoms with Gasteiger partial charge in [-0.05, 0) is 22.8 Å². The summed E-state index contributed by atoms with van der Waals surface area (Å²) < 4.78 is 5.25. The summed E-state index contributed by atoms with van der Waals surface area (Å²) in [4.78, 5) is 14.2. The Labute approximate surface area is 118 Å². The maximum absolute atomic E-state index is 12.3. The number of nitrogens with zero attached hydrogens (tertiary/aromatic N) is 1. The molecule has 3 heteroatoms. The first-order chi connectivity index (χ1) is 9.84. The topological polar surface area (TPSA) is 29.5 Å². The van der Waals surface area contributed by atoms with Crippen molar-refractivity contribution in [3.05, 3.63) is 48.0 Å². The van der Waals surface area contributed by atoms with E-state index in [0.29, 0.717) is 18.8 Å². The molecule has 0 atom stereocenters. The highest BCUT2D eigenvalue weighted by Gasteiger charge is 2.09. The van der Waals surface area contributed by atoms with Crippen LogP contribution in [0.1, 0.15) is 10.4 Å². The summed E-state index contributed by atoms with van der Waals surface area (Å²) in [5.41, 5.74) is 0.670. The second kappa shape index (κ2) is 5.77. The van der Waals surface area contributed by atoms with Crippen LogP contribution in [0.3, 0.4) is 0 Å². The van der Waals surface area contributed by atoms with Crippen LogP contribution in [-0.4, -0.2) is 37.0 Å². The summed E-state index contributed by atoms with van der Waals surface area (Å²) in [7, 11) is 0. The van der Waals surface area contributed by atoms with Crippen LogP contribution < -0.4 is 0 Å². The van der Waals surface area contributed by atoms with Gasteiger partial charge in [0.2, 0.25) is 5.78 Å². The van der Waals surface area contributed by atoms with Gasteiger partial charge < -0.3 is 9.64 Å². The number of rotatable bonds is 1. The van der Waals surface area contributed by atoms with Gasteiger partial charge in [-0.3, -0.25) is 4.79 Å². The predicted molar refractivity (Wildman–Crippen MR) is 78.4 cm³/mol. The smallest absolute Gasteiger partial charge is 0.238 e. The quantitative estimate of drug-likeness (QED) is 0.585. The van der Waals surface area contributed by atoms with Crippen molar-refractivity contribution < 1.29 is 9.53 Å². The molecular weight excluding hydrogens is 250 g/mol. The van der Waals surface area contributed by atoms with Gasteiger partial charge in [-0.1, -0.05) is 36.4 Å². The van der Waals surface area contributed by atoms with E-state index in [1.165, 1.54) is 0 Å². The summed E-state index contributed by atoms with van der Waals surface area (Å²) >= 11 is 0. The molecule has 2 aromatic rings. The van der Waals surface area contributed by atoms with E-state index in [0.717, 1.165) is 23.9 Å². The monoisotopic (exact) mass is 265 g/mol. The molecule has 3 nitrogen and oxygen atoms in total. The van der Waals surface area contributed by atoms with Gasteiger partial charge in [-0.2, -0.15) is 0 Å². The zero-order valence-electron chi connectivity index (χ0n) is 11.1. The van der Waals surface area contributed by atoms with Crippen molar-refractivity contribution in [1.29, 1.82) is 0 Å². The molecular formula is C17H15NO2. The number of hydrogen-bond donors (Lipinski definition) is 0. The van der Waals surface area contributed by atoms with Crippen LogP contribution in [-0.2, 0) is 4.74 Å². The molecule has 1 aliphatic heterocycles. The number of benzene rings is 2. The van der Waals surface area contributed by atoms with E-state index >= 15 is 0 Å². The van der Waals surface area contributed by atoms with Crippen molar-refractivity contribution in [1.82, 2.24) is 4.90 Å². The van der Waals surface area contributed by atoms with Gasteiger partial charge in [-0.15, -0.1) is 0 Å². The first-order valence-corrected chi connectivity index (χ1v) is 6.71. The number of ether oxygens (including phenoxy) is 1. The lowest BCUT2D eigenvalue weighted by Gasteiger charge is -2.22. The van der Waals surface area contributed by atoms with Crippen molar-refractivity contribution in [3.8, 4) is 12.0 Å². The van der Waals surface area contributed by atoms with E-state index in [4.69, 9.17) is 4.74 Å². The third-order valence-electron chi connectivity index (χ3n) is 3.37. The van der Waals surface area contributed by atoms with Crippen LogP contribution in [0, 0.1) is 12.0 Å². The number of Topliss-reactive ketones (excluding diaryl/α,β-unsaturated/α-hetero) is 1. The number of hydrogen-bond acceptors (Lipinski definition) is 3. The molecule has 1 fully saturated rings. The Morgan fingerprint density at radius 3 is 2.65 bits per heavy atom. The third-order valence-corrected chi connectivity index (χ3v) is 3.37. The molecule has 0 N–H and O–H groups in total. The van der Waals surface area contributed by atoms with Crippen LogP contribution in [0.15, 0.2) is 42.5 Å². The second-order valence-electron chi connectivity index (χ2n) is 4.69. The molecule has 0 bridgehead atoms. The Hall–Kier alpha value is -2.31. The first-order valence-electron chi connectivity index (χ1n) is 6.71. The highest BCUT2D eigenvalue weighted by Crippen LogP contribution is 2.18. The van der Waals surface area contributed by atoms with Gasteiger partial charge >= 0.3 is 0 Å². The summed E-state index contributed by atoms with van der Waals surface area (Å²) in [6.07, 6.45) is 0. The molecule has 3 rings (SSSR count). The normalized spacial score (nSPS) is 14.7. The van der Waals surface area contributed by atoms with E-state index < -0.39 is 0 Å². The molecule has 0 radical (unpaired) electrons. The average molecular weight is 265 g/mol. The summed E-state index contributed by atoms with van der Waals surface area (Å²) in [6, 6.07) is 16.5. The van der Waals surface area contributed by atoms with Crippen molar-refractivity contribution in [3.63, 3.8) is 0 Å². The zero-order chi connectivity index (χ0) is 13.8. The van der Waals surface area contributed by atoms with Crippen LogP contribution in [0.4, 0.5) is 0 Å². The van der Waals surface area contributed by atoms with Gasteiger partial charge in [-0.25, -0.2) is 0 Å². The number of carbonyl (C=O) groups is 1. The molecule has 20 heavy (non-hydrogen) atoms. The molecule has 0 amide bonds. The molecule has 1 heterocycles. The summed E-state index contributed by atoms with van der Waals surface area (Å²) in [5.74, 6) is 2.61. The summed E-state index contributed by atoms with van der Waals surface area (Å²) in [5, 5.41) is 2.02. The van der Waals surface area contributed by atoms with Crippen molar-refractivity contribution in [2.45, 2.75) is 0 Å². The van der Waals surface area contributed by atoms with E-state index in [1.807, 2.05) is 47.4 Å². The number of fused-ring (bicyclic) bond motifs is 1. The Morgan fingerprint density at radius 1 is 1.05 bits per heavy atom. The van der Waals surface area contributed by atoms with Gasteiger partial charge in [0.1, 0.15) is 0 Å². The minimum atomic E-state index is -0.131. The molecule has 2 aromatic carbocycles. The van der Waals surface area contributed by atoms with E-state index in [2.05, 4.69) is 12.0 Å². The van der Waals surface area contributed by atoms with Crippen molar-refractivity contribution in [2.24, 2.45) is 0 Å². The first kappa shape index (κ1) is 12.7. The van der Waals surface area contributed by atoms with Gasteiger partial charge in [0.25, 0.3) is 0 Å². The largest absolute Gasteiger partial charge is 0.378 e. The maximum atomic E-state index is 12.3. The zero-order valence-corrected chi connectivity index (χ0v) is 11.1. The molecule has 0 saturated carbocycles. The lowest BCUT2D eigenvalue weighted by atomic mass is 10.0. The van der Waals surface area contributed by atoms with Crippen molar-refractivity contribution in [2.75, 3.05) is 26.3 Å². The highest BCUT2D eigenvalue weighted by molar-refractivity contribution is 6.16. The lowest BCUT2D eigenvalue weighted by Crippen LogP contribution is -2.32. The summed E-state index contributed by atoms with van der Waals surface area (Å²) in [6.45, 7) is 2.87. The molecule has 1 saturated heterocycles. The Bertz CT molecular complexity index is 685. The fourth-order valence-corrected chi connectivity index (χ4v) is 2.30. The Morgan fingerprint density at radius 2 is 1.80 bits per heavy atom. The molecule has 0 spiro atoms. The second-order valence-corrected chi connectivity index (χ2v) is 4.69. The van der Waals surface area contributed by atoms with E-state index in [-0.39, 0.29) is 5.78 Å². The Balaban J connectivity index is 1.87. The SMILES string of the molecule is O=C(C#CN1CCOCC1)c1cccc2ccccc12. The van der Waals surface area contributed by atoms with E-state index in [9.17, 15) is 4.79 Å². The molecule has 100 valence electrons. The maximum Gasteiger partial charge on any atom is 0.238 e. The van der Waals surface area contributed by atoms with E-state index in [1.54, 1.807) is 0 Å². The lowest BCUT2D eigenvalue weighted by molar-refractivity contribution is 0.0637. The van der Waals surface area contributed by atoms with Gasteiger partial charge in [0.15, 0.2) is 0 Å². The van der Waals surface area contributed by atoms with Crippen LogP contribution in [0.2, 0.25) is 0 Å². The standard InChI is InChI=1S/C17H15NO2/c19-17(8-9-18-10-12-20-13-11-18)16-7-3-5-14-4-1-2-6-15(14)16/h1-7H,10-13H2. The van der Waals surface area contributed by atoms with Crippen LogP contribution in [0.5, 0.6) is 0 Å². The number of morpholine rings is 1. The molecule has 1 aliphatic rings. The number of carbonyl (C=O) groups excluding carboxylic acids is 1. The number of ketones is 1. The minimum Gasteiger partial charge on any atom is -0.378 e. The minimum absolute atomic E-state index is 0.131. The third kappa shape index (κ3) is 2.66. The predicted octanol–water partition coefficient (Wildman–Crippen LogP) is 2.32. The van der Waals surface area contributed by atoms with Gasteiger partial charge in [0.05, 0.1) is 13.2 Å². The van der Waals surface area contributed by atoms with Crippen LogP contribution in [0.25, 0.3) is 10.8 Å². The average Bonchev–Trinajstić information content (AvgIpc) is 2.53. The van der Waals surface area contributed by atoms with Crippen LogP contribution >= 0.6 is 0 Å². The molecule has 0 aromatic heterocycles. The highest BCUT2D eigenvalue weighted by atomic mass is 16.5.